The molecule has 0 N–H and O–H groups in total. The summed E-state index contributed by atoms with van der Waals surface area (Å²) < 4.78 is 63.7. The molecule has 6 rings (SSSR count). The number of hydrogen-bond acceptors (Lipinski definition) is 8. The third-order valence-corrected chi connectivity index (χ3v) is 10.8. The summed E-state index contributed by atoms with van der Waals surface area (Å²) in [6, 6.07) is 6.18. The van der Waals surface area contributed by atoms with Crippen LogP contribution in [-0.4, -0.2) is 91.4 Å². The molecule has 4 aromatic heterocycles. The molecule has 0 aliphatic carbocycles. The van der Waals surface area contributed by atoms with Crippen LogP contribution in [0.3, 0.4) is 0 Å². The van der Waals surface area contributed by atoms with E-state index in [1.54, 1.807) is 12.4 Å². The minimum absolute atomic E-state index is 0.0539. The van der Waals surface area contributed by atoms with Gasteiger partial charge in [0.05, 0.1) is 35.9 Å². The quantitative estimate of drug-likeness (QED) is 0.120. The van der Waals surface area contributed by atoms with Crippen molar-refractivity contribution in [2.75, 3.05) is 26.2 Å². The van der Waals surface area contributed by atoms with Crippen molar-refractivity contribution in [3.63, 3.8) is 0 Å². The Morgan fingerprint density at radius 3 is 2.62 bits per heavy atom. The minimum Gasteiger partial charge on any atom is -0.361 e. The molecule has 48 heavy (non-hydrogen) atoms. The monoisotopic (exact) mass is 683 g/mol. The van der Waals surface area contributed by atoms with Crippen LogP contribution in [0.15, 0.2) is 43.1 Å². The summed E-state index contributed by atoms with van der Waals surface area (Å²) in [5.41, 5.74) is -0.813. The number of amides is 1. The van der Waals surface area contributed by atoms with Crippen molar-refractivity contribution in [2.24, 2.45) is 0 Å². The van der Waals surface area contributed by atoms with Gasteiger partial charge in [-0.05, 0) is 31.0 Å². The number of carbonyl (C=O) groups is 1. The molecule has 0 spiro atoms. The first-order valence-corrected chi connectivity index (χ1v) is 19.6. The molecular formula is C32H37F4N9O2Si. The maximum atomic E-state index is 14.6. The molecule has 0 radical (unpaired) electrons. The largest absolute Gasteiger partial charge is 0.436 e. The van der Waals surface area contributed by atoms with Gasteiger partial charge in [-0.15, -0.1) is 0 Å². The maximum absolute atomic E-state index is 14.6. The van der Waals surface area contributed by atoms with Crippen LogP contribution in [0.25, 0.3) is 22.4 Å². The summed E-state index contributed by atoms with van der Waals surface area (Å²) in [4.78, 5) is 29.0. The smallest absolute Gasteiger partial charge is 0.361 e. The predicted octanol–water partition coefficient (Wildman–Crippen LogP) is 5.60. The van der Waals surface area contributed by atoms with Gasteiger partial charge in [-0.1, -0.05) is 19.6 Å². The lowest BCUT2D eigenvalue weighted by atomic mass is 9.88. The highest BCUT2D eigenvalue weighted by atomic mass is 28.3. The van der Waals surface area contributed by atoms with Crippen molar-refractivity contribution < 1.29 is 27.1 Å². The molecule has 16 heteroatoms. The van der Waals surface area contributed by atoms with Crippen molar-refractivity contribution in [3.8, 4) is 17.5 Å². The van der Waals surface area contributed by atoms with E-state index in [0.29, 0.717) is 38.5 Å². The van der Waals surface area contributed by atoms with E-state index in [1.165, 1.54) is 4.90 Å². The standard InChI is InChI=1S/C32H37F4N9O2Si/c1-48(2,3)15-14-47-20-43-11-6-21-16-39-29(41-30(21)43)22-17-40-45(18-22)26-19-44(25(26)4-9-37)23-7-12-42(13-8-23)31(46)24-5-10-38-28(27(24)33)32(34,35)36/h5-6,10-11,16-18,23,25-26H,4,7-8,12-15,19-20H2,1-3H3. The average Bonchev–Trinajstić information content (AvgIpc) is 3.68. The molecule has 2 fully saturated rings. The van der Waals surface area contributed by atoms with Crippen molar-refractivity contribution >= 4 is 25.0 Å². The van der Waals surface area contributed by atoms with Crippen molar-refractivity contribution in [1.82, 2.24) is 39.1 Å². The first kappa shape index (κ1) is 33.7. The lowest BCUT2D eigenvalue weighted by molar-refractivity contribution is -0.143. The van der Waals surface area contributed by atoms with Gasteiger partial charge in [0.15, 0.2) is 17.3 Å². The van der Waals surface area contributed by atoms with E-state index in [-0.39, 0.29) is 37.6 Å². The number of ether oxygens (including phenoxy) is 1. The maximum Gasteiger partial charge on any atom is 0.436 e. The van der Waals surface area contributed by atoms with Crippen LogP contribution < -0.4 is 0 Å². The normalized spacial score (nSPS) is 19.4. The molecule has 2 saturated heterocycles. The Morgan fingerprint density at radius 1 is 1.15 bits per heavy atom. The van der Waals surface area contributed by atoms with Gasteiger partial charge in [0, 0.05) is 76.6 Å². The third kappa shape index (κ3) is 6.98. The lowest BCUT2D eigenvalue weighted by Gasteiger charge is -2.52. The number of fused-ring (bicyclic) bond motifs is 1. The van der Waals surface area contributed by atoms with Crippen LogP contribution >= 0.6 is 0 Å². The lowest BCUT2D eigenvalue weighted by Crippen LogP contribution is -2.62. The number of nitriles is 1. The topological polar surface area (TPSA) is 118 Å². The molecule has 0 saturated carbocycles. The second-order valence-corrected chi connectivity index (χ2v) is 19.2. The van der Waals surface area contributed by atoms with E-state index in [1.807, 2.05) is 27.7 Å². The number of piperidine rings is 1. The fourth-order valence-electron chi connectivity index (χ4n) is 6.35. The predicted molar refractivity (Wildman–Crippen MR) is 171 cm³/mol. The Bertz CT molecular complexity index is 1820. The van der Waals surface area contributed by atoms with Crippen LogP contribution in [-0.2, 0) is 17.6 Å². The van der Waals surface area contributed by atoms with Crippen LogP contribution in [0.2, 0.25) is 25.7 Å². The number of nitrogens with zero attached hydrogens (tertiary/aromatic N) is 9. The van der Waals surface area contributed by atoms with Gasteiger partial charge in [0.25, 0.3) is 5.91 Å². The van der Waals surface area contributed by atoms with Crippen molar-refractivity contribution in [1.29, 1.82) is 5.26 Å². The zero-order valence-corrected chi connectivity index (χ0v) is 28.0. The molecular weight excluding hydrogens is 646 g/mol. The number of rotatable bonds is 10. The van der Waals surface area contributed by atoms with Gasteiger partial charge in [0.2, 0.25) is 0 Å². The summed E-state index contributed by atoms with van der Waals surface area (Å²) >= 11 is 0. The molecule has 4 aromatic rings. The van der Waals surface area contributed by atoms with E-state index < -0.39 is 37.2 Å². The van der Waals surface area contributed by atoms with E-state index in [4.69, 9.17) is 9.72 Å². The Labute approximate surface area is 276 Å². The van der Waals surface area contributed by atoms with Crippen LogP contribution in [0.1, 0.15) is 41.4 Å². The molecule has 254 valence electrons. The zero-order chi connectivity index (χ0) is 34.2. The molecule has 2 unspecified atom stereocenters. The Balaban J connectivity index is 1.09. The number of aromatic nitrogens is 6. The molecule has 2 aliphatic heterocycles. The van der Waals surface area contributed by atoms with Gasteiger partial charge in [0.1, 0.15) is 12.4 Å². The number of likely N-dealkylation sites (tertiary alicyclic amines) is 2. The van der Waals surface area contributed by atoms with E-state index >= 15 is 0 Å². The van der Waals surface area contributed by atoms with Crippen LogP contribution in [0, 0.1) is 17.1 Å². The van der Waals surface area contributed by atoms with Gasteiger partial charge in [-0.3, -0.25) is 14.4 Å². The second-order valence-electron chi connectivity index (χ2n) is 13.6. The van der Waals surface area contributed by atoms with Crippen LogP contribution in [0.5, 0.6) is 0 Å². The Kier molecular flexibility index (Phi) is 9.38. The van der Waals surface area contributed by atoms with Gasteiger partial charge >= 0.3 is 6.18 Å². The van der Waals surface area contributed by atoms with Crippen molar-refractivity contribution in [3.05, 3.63) is 60.2 Å². The van der Waals surface area contributed by atoms with E-state index in [2.05, 4.69) is 45.7 Å². The number of halogens is 4. The molecule has 2 aliphatic rings. The summed E-state index contributed by atoms with van der Waals surface area (Å²) in [5, 5.41) is 15.1. The summed E-state index contributed by atoms with van der Waals surface area (Å²) in [6.45, 7) is 9.20. The fraction of sp³-hybridized carbons (Fsp3) is 0.500. The Hall–Kier alpha value is -4.20. The molecule has 2 atom stereocenters. The van der Waals surface area contributed by atoms with Crippen molar-refractivity contribution in [2.45, 2.75) is 76.0 Å². The van der Waals surface area contributed by atoms with Crippen LogP contribution in [0.4, 0.5) is 17.6 Å². The summed E-state index contributed by atoms with van der Waals surface area (Å²) in [6.07, 6.45) is 4.50. The van der Waals surface area contributed by atoms with Gasteiger partial charge in [-0.2, -0.15) is 23.5 Å². The highest BCUT2D eigenvalue weighted by Gasteiger charge is 2.45. The summed E-state index contributed by atoms with van der Waals surface area (Å²) in [7, 11) is -1.19. The highest BCUT2D eigenvalue weighted by Crippen LogP contribution is 2.37. The first-order valence-electron chi connectivity index (χ1n) is 15.9. The number of pyridine rings is 1. The fourth-order valence-corrected chi connectivity index (χ4v) is 7.11. The number of hydrogen-bond donors (Lipinski definition) is 0. The Morgan fingerprint density at radius 2 is 1.92 bits per heavy atom. The van der Waals surface area contributed by atoms with E-state index in [9.17, 15) is 27.6 Å². The number of alkyl halides is 3. The molecule has 0 aromatic carbocycles. The zero-order valence-electron chi connectivity index (χ0n) is 27.0. The molecule has 0 bridgehead atoms. The molecule has 11 nitrogen and oxygen atoms in total. The average molecular weight is 684 g/mol. The molecule has 6 heterocycles. The second kappa shape index (κ2) is 13.4. The molecule has 1 amide bonds. The highest BCUT2D eigenvalue weighted by molar-refractivity contribution is 6.76. The van der Waals surface area contributed by atoms with Gasteiger partial charge < -0.3 is 14.2 Å². The summed E-state index contributed by atoms with van der Waals surface area (Å²) in [5.74, 6) is -1.91. The number of carbonyl (C=O) groups excluding carboxylic acids is 1. The van der Waals surface area contributed by atoms with Gasteiger partial charge in [-0.25, -0.2) is 19.3 Å². The third-order valence-electron chi connectivity index (χ3n) is 9.11. The minimum atomic E-state index is -5.00. The van der Waals surface area contributed by atoms with E-state index in [0.717, 1.165) is 34.9 Å². The first-order chi connectivity index (χ1) is 22.8. The SMILES string of the molecule is C[Si](C)(C)CCOCn1ccc2cnc(-c3cnn(C4CN(C5CCN(C(=O)c6ccnc(C(F)(F)F)c6F)CC5)C4CC#N)c3)nc21.